The third kappa shape index (κ3) is 3.77. The molecule has 2 atom stereocenters. The smallest absolute Gasteiger partial charge is 0.326 e. The van der Waals surface area contributed by atoms with Crippen LogP contribution in [0.1, 0.15) is 61.7 Å². The highest BCUT2D eigenvalue weighted by Gasteiger charge is 2.39. The first kappa shape index (κ1) is 21.0. The van der Waals surface area contributed by atoms with Gasteiger partial charge in [-0.25, -0.2) is 9.78 Å². The van der Waals surface area contributed by atoms with Crippen LogP contribution in [0.5, 0.6) is 0 Å². The Hall–Kier alpha value is -2.86. The topological polar surface area (TPSA) is 84.2 Å². The Morgan fingerprint density at radius 2 is 1.97 bits per heavy atom. The van der Waals surface area contributed by atoms with Gasteiger partial charge in [0, 0.05) is 12.0 Å². The van der Waals surface area contributed by atoms with Crippen LogP contribution in [0.2, 0.25) is 5.15 Å². The van der Waals surface area contributed by atoms with E-state index in [9.17, 15) is 14.7 Å². The van der Waals surface area contributed by atoms with Gasteiger partial charge in [0.2, 0.25) is 0 Å². The monoisotopic (exact) mass is 451 g/mol. The van der Waals surface area contributed by atoms with Crippen LogP contribution in [0.3, 0.4) is 0 Å². The number of hydrogen-bond acceptors (Lipinski definition) is 4. The van der Waals surface area contributed by atoms with Gasteiger partial charge in [-0.3, -0.25) is 9.36 Å². The molecule has 1 fully saturated rings. The number of aryl methyl sites for hydroxylation is 1. The first-order valence-corrected chi connectivity index (χ1v) is 11.7. The molecule has 1 aliphatic carbocycles. The van der Waals surface area contributed by atoms with E-state index < -0.39 is 12.0 Å². The van der Waals surface area contributed by atoms with Gasteiger partial charge in [0.15, 0.2) is 11.0 Å². The molecule has 0 amide bonds. The minimum absolute atomic E-state index is 0.100. The molecule has 2 aromatic carbocycles. The zero-order chi connectivity index (χ0) is 22.2. The van der Waals surface area contributed by atoms with Crippen LogP contribution in [0.15, 0.2) is 47.3 Å². The second-order valence-corrected chi connectivity index (χ2v) is 9.26. The Morgan fingerprint density at radius 1 is 1.19 bits per heavy atom. The molecule has 2 N–H and O–H groups in total. The predicted molar refractivity (Wildman–Crippen MR) is 126 cm³/mol. The average Bonchev–Trinajstić information content (AvgIpc) is 3.15. The zero-order valence-corrected chi connectivity index (χ0v) is 18.5. The predicted octanol–water partition coefficient (Wildman–Crippen LogP) is 5.15. The molecule has 1 aliphatic heterocycles. The van der Waals surface area contributed by atoms with E-state index in [1.165, 1.54) is 20.9 Å². The van der Waals surface area contributed by atoms with Crippen LogP contribution in [0.4, 0.5) is 5.82 Å². The average molecular weight is 452 g/mol. The lowest BCUT2D eigenvalue weighted by atomic mass is 9.93. The number of nitrogens with zero attached hydrogens (tertiary/aromatic N) is 2. The molecule has 0 radical (unpaired) electrons. The number of halogens is 1. The maximum Gasteiger partial charge on any atom is 0.326 e. The zero-order valence-electron chi connectivity index (χ0n) is 17.8. The normalized spacial score (nSPS) is 20.2. The third-order valence-corrected chi connectivity index (χ3v) is 7.20. The summed E-state index contributed by atoms with van der Waals surface area (Å²) in [5.41, 5.74) is 1.47. The van der Waals surface area contributed by atoms with Crippen molar-refractivity contribution >= 4 is 34.2 Å². The summed E-state index contributed by atoms with van der Waals surface area (Å²) >= 11 is 6.53. The van der Waals surface area contributed by atoms with Crippen LogP contribution < -0.4 is 10.9 Å². The summed E-state index contributed by atoms with van der Waals surface area (Å²) in [6, 6.07) is 14.0. The summed E-state index contributed by atoms with van der Waals surface area (Å²) in [6.45, 7) is 0. The standard InChI is InChI=1S/C25H26ClN3O3/c26-22-21-17(10-4-9-16-8-3-7-15-6-1-2-13-19(15)16)14-20(25(31)32)29(21)24(30)23(28-22)27-18-11-5-12-18/h1-3,6-8,13,17-18,20H,4-5,9-12,14H2,(H,27,28)(H,31,32)/t17-,20+/m1/s1. The van der Waals surface area contributed by atoms with Gasteiger partial charge < -0.3 is 10.4 Å². The van der Waals surface area contributed by atoms with Gasteiger partial charge in [-0.05, 0) is 61.3 Å². The molecule has 166 valence electrons. The summed E-state index contributed by atoms with van der Waals surface area (Å²) in [7, 11) is 0. The summed E-state index contributed by atoms with van der Waals surface area (Å²) in [6.07, 6.45) is 5.97. The van der Waals surface area contributed by atoms with Crippen molar-refractivity contribution in [3.8, 4) is 0 Å². The molecule has 32 heavy (non-hydrogen) atoms. The maximum absolute atomic E-state index is 13.1. The van der Waals surface area contributed by atoms with Gasteiger partial charge in [0.1, 0.15) is 6.04 Å². The second kappa shape index (κ2) is 8.58. The maximum atomic E-state index is 13.1. The van der Waals surface area contributed by atoms with Crippen molar-refractivity contribution in [3.63, 3.8) is 0 Å². The lowest BCUT2D eigenvalue weighted by Crippen LogP contribution is -2.35. The Morgan fingerprint density at radius 3 is 2.72 bits per heavy atom. The molecule has 1 saturated carbocycles. The van der Waals surface area contributed by atoms with Crippen molar-refractivity contribution in [1.82, 2.24) is 9.55 Å². The molecule has 0 saturated heterocycles. The number of aromatic nitrogens is 2. The molecule has 0 unspecified atom stereocenters. The molecule has 1 aromatic heterocycles. The first-order valence-electron chi connectivity index (χ1n) is 11.3. The van der Waals surface area contributed by atoms with E-state index in [0.717, 1.165) is 38.5 Å². The largest absolute Gasteiger partial charge is 0.480 e. The van der Waals surface area contributed by atoms with Crippen molar-refractivity contribution in [2.45, 2.75) is 62.9 Å². The quantitative estimate of drug-likeness (QED) is 0.519. The minimum Gasteiger partial charge on any atom is -0.480 e. The lowest BCUT2D eigenvalue weighted by Gasteiger charge is -2.27. The highest BCUT2D eigenvalue weighted by atomic mass is 35.5. The van der Waals surface area contributed by atoms with Gasteiger partial charge in [-0.15, -0.1) is 0 Å². The summed E-state index contributed by atoms with van der Waals surface area (Å²) in [4.78, 5) is 29.4. The fraction of sp³-hybridized carbons (Fsp3) is 0.400. The molecule has 5 rings (SSSR count). The first-order chi connectivity index (χ1) is 15.5. The molecule has 7 heteroatoms. The molecule has 2 aliphatic rings. The van der Waals surface area contributed by atoms with Crippen molar-refractivity contribution in [3.05, 3.63) is 69.2 Å². The number of nitrogens with one attached hydrogen (secondary N) is 1. The van der Waals surface area contributed by atoms with E-state index in [1.54, 1.807) is 0 Å². The number of carboxylic acid groups (broad SMARTS) is 1. The molecule has 0 spiro atoms. The summed E-state index contributed by atoms with van der Waals surface area (Å²) < 4.78 is 1.38. The van der Waals surface area contributed by atoms with E-state index in [1.807, 2.05) is 12.1 Å². The highest BCUT2D eigenvalue weighted by Crippen LogP contribution is 2.41. The summed E-state index contributed by atoms with van der Waals surface area (Å²) in [5, 5.41) is 15.7. The van der Waals surface area contributed by atoms with Gasteiger partial charge in [-0.2, -0.15) is 0 Å². The molecule has 2 heterocycles. The number of carboxylic acids is 1. The van der Waals surface area contributed by atoms with E-state index in [0.29, 0.717) is 12.1 Å². The second-order valence-electron chi connectivity index (χ2n) is 8.90. The van der Waals surface area contributed by atoms with Crippen molar-refractivity contribution in [2.75, 3.05) is 5.32 Å². The number of fused-ring (bicyclic) bond motifs is 2. The summed E-state index contributed by atoms with van der Waals surface area (Å²) in [5.74, 6) is -0.926. The van der Waals surface area contributed by atoms with Crippen LogP contribution in [0, 0.1) is 0 Å². The fourth-order valence-corrected chi connectivity index (χ4v) is 5.37. The molecule has 3 aromatic rings. The number of hydrogen-bond donors (Lipinski definition) is 2. The molecule has 6 nitrogen and oxygen atoms in total. The highest BCUT2D eigenvalue weighted by molar-refractivity contribution is 6.30. The number of rotatable bonds is 7. The SMILES string of the molecule is O=C(O)[C@@H]1C[C@@H](CCCc2cccc3ccccc23)c2c(Cl)nc(NC3CCC3)c(=O)n21. The lowest BCUT2D eigenvalue weighted by molar-refractivity contribution is -0.140. The molecule has 0 bridgehead atoms. The van der Waals surface area contributed by atoms with Crippen molar-refractivity contribution in [2.24, 2.45) is 0 Å². The van der Waals surface area contributed by atoms with Gasteiger partial charge in [-0.1, -0.05) is 54.1 Å². The van der Waals surface area contributed by atoms with Crippen molar-refractivity contribution in [1.29, 1.82) is 0 Å². The van der Waals surface area contributed by atoms with Crippen LogP contribution in [-0.2, 0) is 11.2 Å². The van der Waals surface area contributed by atoms with Gasteiger partial charge in [0.25, 0.3) is 5.56 Å². The van der Waals surface area contributed by atoms with Gasteiger partial charge in [0.05, 0.1) is 5.69 Å². The van der Waals surface area contributed by atoms with Crippen LogP contribution in [-0.4, -0.2) is 26.7 Å². The number of aliphatic carboxylic acids is 1. The fourth-order valence-electron chi connectivity index (χ4n) is 5.04. The number of carbonyl (C=O) groups is 1. The van der Waals surface area contributed by atoms with E-state index >= 15 is 0 Å². The number of benzene rings is 2. The number of anilines is 1. The van der Waals surface area contributed by atoms with E-state index in [2.05, 4.69) is 40.6 Å². The third-order valence-electron chi connectivity index (χ3n) is 6.92. The Labute approximate surface area is 191 Å². The van der Waals surface area contributed by atoms with E-state index in [4.69, 9.17) is 11.6 Å². The van der Waals surface area contributed by atoms with Crippen LogP contribution >= 0.6 is 11.6 Å². The van der Waals surface area contributed by atoms with E-state index in [-0.39, 0.29) is 28.5 Å². The molecular formula is C25H26ClN3O3. The Bertz CT molecular complexity index is 1230. The molecular weight excluding hydrogens is 426 g/mol. The van der Waals surface area contributed by atoms with Gasteiger partial charge >= 0.3 is 5.97 Å². The minimum atomic E-state index is -0.998. The Kier molecular flexibility index (Phi) is 5.64. The Balaban J connectivity index is 1.38. The van der Waals surface area contributed by atoms with Crippen LogP contribution in [0.25, 0.3) is 10.8 Å². The van der Waals surface area contributed by atoms with Crippen molar-refractivity contribution < 1.29 is 9.90 Å².